The number of benzene rings is 2. The van der Waals surface area contributed by atoms with E-state index in [2.05, 4.69) is 5.32 Å². The molecule has 2 aromatic rings. The van der Waals surface area contributed by atoms with Gasteiger partial charge in [0.15, 0.2) is 6.61 Å². The minimum Gasteiger partial charge on any atom is -0.452 e. The lowest BCUT2D eigenvalue weighted by Crippen LogP contribution is -2.35. The van der Waals surface area contributed by atoms with Gasteiger partial charge in [0.25, 0.3) is 5.91 Å². The lowest BCUT2D eigenvalue weighted by Gasteiger charge is -2.25. The zero-order valence-electron chi connectivity index (χ0n) is 18.5. The summed E-state index contributed by atoms with van der Waals surface area (Å²) in [4.78, 5) is 24.3. The number of nitrogens with zero attached hydrogens (tertiary/aromatic N) is 1. The van der Waals surface area contributed by atoms with E-state index in [1.807, 2.05) is 0 Å². The molecule has 0 atom stereocenters. The van der Waals surface area contributed by atoms with E-state index >= 15 is 0 Å². The average molecular weight is 510 g/mol. The summed E-state index contributed by atoms with van der Waals surface area (Å²) in [5.41, 5.74) is 0.935. The molecular formula is C22H27N3O7S2. The molecule has 1 aliphatic rings. The zero-order chi connectivity index (χ0) is 24.8. The molecule has 184 valence electrons. The summed E-state index contributed by atoms with van der Waals surface area (Å²) in [5, 5.41) is 7.65. The minimum absolute atomic E-state index is 0.00400. The van der Waals surface area contributed by atoms with E-state index in [-0.39, 0.29) is 21.9 Å². The maximum atomic E-state index is 12.7. The van der Waals surface area contributed by atoms with Gasteiger partial charge in [-0.2, -0.15) is 4.31 Å². The molecule has 0 unspecified atom stereocenters. The van der Waals surface area contributed by atoms with Gasteiger partial charge in [0.05, 0.1) is 15.4 Å². The number of ether oxygens (including phenoxy) is 1. The van der Waals surface area contributed by atoms with Crippen LogP contribution in [0.3, 0.4) is 0 Å². The Kier molecular flexibility index (Phi) is 8.42. The van der Waals surface area contributed by atoms with E-state index in [1.165, 1.54) is 40.7 Å². The normalized spacial score (nSPS) is 15.0. The van der Waals surface area contributed by atoms with Gasteiger partial charge in [-0.3, -0.25) is 4.79 Å². The highest BCUT2D eigenvalue weighted by Gasteiger charge is 2.26. The molecule has 1 saturated heterocycles. The molecule has 3 rings (SSSR count). The number of hydrogen-bond donors (Lipinski definition) is 2. The maximum absolute atomic E-state index is 12.7. The van der Waals surface area contributed by atoms with E-state index in [9.17, 15) is 26.4 Å². The van der Waals surface area contributed by atoms with Gasteiger partial charge in [-0.1, -0.05) is 18.6 Å². The van der Waals surface area contributed by atoms with Crippen LogP contribution in [0.1, 0.15) is 35.2 Å². The molecule has 10 nitrogen and oxygen atoms in total. The first kappa shape index (κ1) is 25.8. The van der Waals surface area contributed by atoms with Crippen LogP contribution in [0.4, 0.5) is 0 Å². The Morgan fingerprint density at radius 3 is 2.06 bits per heavy atom. The van der Waals surface area contributed by atoms with E-state index in [0.29, 0.717) is 19.5 Å². The number of amides is 1. The van der Waals surface area contributed by atoms with Crippen molar-refractivity contribution in [2.24, 2.45) is 5.14 Å². The molecule has 34 heavy (non-hydrogen) atoms. The van der Waals surface area contributed by atoms with E-state index in [4.69, 9.17) is 9.88 Å². The molecule has 0 spiro atoms. The summed E-state index contributed by atoms with van der Waals surface area (Å²) in [6, 6.07) is 11.4. The molecule has 1 aliphatic heterocycles. The third kappa shape index (κ3) is 6.86. The Morgan fingerprint density at radius 2 is 1.47 bits per heavy atom. The number of nitrogens with one attached hydrogen (secondary N) is 1. The monoisotopic (exact) mass is 509 g/mol. The molecule has 12 heteroatoms. The van der Waals surface area contributed by atoms with Crippen molar-refractivity contribution < 1.29 is 31.2 Å². The first-order valence-corrected chi connectivity index (χ1v) is 13.7. The Hall–Kier alpha value is -2.80. The minimum atomic E-state index is -3.76. The Labute approximate surface area is 199 Å². The SMILES string of the molecule is NS(=O)(=O)c1ccc(CCNC(=O)COC(=O)c2ccc(S(=O)(=O)N3CCCCC3)cc2)cc1. The fourth-order valence-corrected chi connectivity index (χ4v) is 5.51. The molecular weight excluding hydrogens is 482 g/mol. The largest absolute Gasteiger partial charge is 0.452 e. The van der Waals surface area contributed by atoms with Gasteiger partial charge in [0.1, 0.15) is 0 Å². The van der Waals surface area contributed by atoms with E-state index in [1.54, 1.807) is 12.1 Å². The van der Waals surface area contributed by atoms with Crippen LogP contribution in [0.2, 0.25) is 0 Å². The molecule has 1 fully saturated rings. The van der Waals surface area contributed by atoms with Gasteiger partial charge in [-0.05, 0) is 61.2 Å². The number of rotatable bonds is 9. The van der Waals surface area contributed by atoms with Crippen molar-refractivity contribution in [2.75, 3.05) is 26.2 Å². The summed E-state index contributed by atoms with van der Waals surface area (Å²) in [6.07, 6.45) is 3.11. The second kappa shape index (κ2) is 11.1. The molecule has 0 aromatic heterocycles. The fraction of sp³-hybridized carbons (Fsp3) is 0.364. The van der Waals surface area contributed by atoms with E-state index < -0.39 is 38.5 Å². The lowest BCUT2D eigenvalue weighted by molar-refractivity contribution is -0.124. The maximum Gasteiger partial charge on any atom is 0.338 e. The van der Waals surface area contributed by atoms with Crippen LogP contribution < -0.4 is 10.5 Å². The molecule has 1 heterocycles. The molecule has 1 amide bonds. The molecule has 2 aromatic carbocycles. The summed E-state index contributed by atoms with van der Waals surface area (Å²) < 4.78 is 54.3. The van der Waals surface area contributed by atoms with Crippen molar-refractivity contribution in [3.8, 4) is 0 Å². The highest BCUT2D eigenvalue weighted by atomic mass is 32.2. The number of hydrogen-bond acceptors (Lipinski definition) is 7. The van der Waals surface area contributed by atoms with Crippen LogP contribution in [0.15, 0.2) is 58.3 Å². The van der Waals surface area contributed by atoms with Crippen LogP contribution in [-0.2, 0) is 36.0 Å². The van der Waals surface area contributed by atoms with Crippen molar-refractivity contribution in [3.05, 3.63) is 59.7 Å². The third-order valence-corrected chi connectivity index (χ3v) is 8.21. The van der Waals surface area contributed by atoms with Crippen molar-refractivity contribution in [1.29, 1.82) is 0 Å². The van der Waals surface area contributed by atoms with Gasteiger partial charge >= 0.3 is 5.97 Å². The van der Waals surface area contributed by atoms with Crippen molar-refractivity contribution >= 4 is 31.9 Å². The Bertz CT molecular complexity index is 1220. The molecule has 3 N–H and O–H groups in total. The summed E-state index contributed by atoms with van der Waals surface area (Å²) in [7, 11) is -7.35. The number of esters is 1. The van der Waals surface area contributed by atoms with Crippen molar-refractivity contribution in [1.82, 2.24) is 9.62 Å². The highest BCUT2D eigenvalue weighted by molar-refractivity contribution is 7.89. The summed E-state index contributed by atoms with van der Waals surface area (Å²) >= 11 is 0. The van der Waals surface area contributed by atoms with Gasteiger partial charge < -0.3 is 10.1 Å². The molecule has 0 bridgehead atoms. The number of sulfonamides is 2. The number of nitrogens with two attached hydrogens (primary N) is 1. The Morgan fingerprint density at radius 1 is 0.882 bits per heavy atom. The second-order valence-corrected chi connectivity index (χ2v) is 11.4. The van der Waals surface area contributed by atoms with Crippen molar-refractivity contribution in [2.45, 2.75) is 35.5 Å². The number of piperidine rings is 1. The summed E-state index contributed by atoms with van der Waals surface area (Å²) in [6.45, 7) is 0.746. The highest BCUT2D eigenvalue weighted by Crippen LogP contribution is 2.21. The first-order chi connectivity index (χ1) is 16.1. The number of primary sulfonamides is 1. The predicted octanol–water partition coefficient (Wildman–Crippen LogP) is 1.02. The Balaban J connectivity index is 1.44. The number of carbonyl (C=O) groups is 2. The zero-order valence-corrected chi connectivity index (χ0v) is 20.1. The van der Waals surface area contributed by atoms with Gasteiger partial charge in [-0.15, -0.1) is 0 Å². The molecule has 0 aliphatic carbocycles. The lowest BCUT2D eigenvalue weighted by atomic mass is 10.1. The predicted molar refractivity (Wildman–Crippen MR) is 124 cm³/mol. The van der Waals surface area contributed by atoms with Gasteiger partial charge in [0, 0.05) is 19.6 Å². The van der Waals surface area contributed by atoms with Crippen molar-refractivity contribution in [3.63, 3.8) is 0 Å². The third-order valence-electron chi connectivity index (χ3n) is 5.36. The quantitative estimate of drug-likeness (QED) is 0.479. The summed E-state index contributed by atoms with van der Waals surface area (Å²) in [5.74, 6) is -1.24. The average Bonchev–Trinajstić information content (AvgIpc) is 2.83. The molecule has 0 saturated carbocycles. The fourth-order valence-electron chi connectivity index (χ4n) is 3.47. The van der Waals surface area contributed by atoms with Crippen LogP contribution in [0.5, 0.6) is 0 Å². The van der Waals surface area contributed by atoms with Gasteiger partial charge in [-0.25, -0.2) is 26.8 Å². The standard InChI is InChI=1S/C22H27N3O7S2/c23-33(28,29)19-8-4-17(5-9-19)12-13-24-21(26)16-32-22(27)18-6-10-20(11-7-18)34(30,31)25-14-2-1-3-15-25/h4-11H,1-3,12-16H2,(H,24,26)(H2,23,28,29). The van der Waals surface area contributed by atoms with Crippen LogP contribution in [0.25, 0.3) is 0 Å². The first-order valence-electron chi connectivity index (χ1n) is 10.7. The van der Waals surface area contributed by atoms with Crippen LogP contribution in [-0.4, -0.2) is 59.3 Å². The second-order valence-electron chi connectivity index (χ2n) is 7.85. The van der Waals surface area contributed by atoms with Crippen LogP contribution in [0, 0.1) is 0 Å². The molecule has 0 radical (unpaired) electrons. The van der Waals surface area contributed by atoms with Gasteiger partial charge in [0.2, 0.25) is 20.0 Å². The smallest absolute Gasteiger partial charge is 0.338 e. The van der Waals surface area contributed by atoms with Crippen LogP contribution >= 0.6 is 0 Å². The van der Waals surface area contributed by atoms with E-state index in [0.717, 1.165) is 24.8 Å². The number of carbonyl (C=O) groups excluding carboxylic acids is 2. The topological polar surface area (TPSA) is 153 Å².